The quantitative estimate of drug-likeness (QED) is 0.577. The largest absolute Gasteiger partial charge is 0.376 e. The third kappa shape index (κ3) is 4.30. The molecule has 0 spiro atoms. The lowest BCUT2D eigenvalue weighted by molar-refractivity contribution is -0.120. The minimum atomic E-state index is -0.315. The summed E-state index contributed by atoms with van der Waals surface area (Å²) in [4.78, 5) is 51.9. The molecule has 5 rings (SSSR count). The first-order chi connectivity index (χ1) is 16.5. The summed E-state index contributed by atoms with van der Waals surface area (Å²) in [5.41, 5.74) is 4.41. The zero-order valence-corrected chi connectivity index (χ0v) is 19.2. The van der Waals surface area contributed by atoms with E-state index < -0.39 is 0 Å². The van der Waals surface area contributed by atoms with Crippen molar-refractivity contribution in [1.29, 1.82) is 0 Å². The van der Waals surface area contributed by atoms with Crippen LogP contribution in [0.4, 0.5) is 0 Å². The lowest BCUT2D eigenvalue weighted by Crippen LogP contribution is -2.35. The van der Waals surface area contributed by atoms with Crippen LogP contribution in [0.25, 0.3) is 0 Å². The molecule has 1 aromatic rings. The Labute approximate surface area is 198 Å². The van der Waals surface area contributed by atoms with Crippen LogP contribution in [0.1, 0.15) is 72.1 Å². The number of fused-ring (bicyclic) bond motifs is 1. The molecule has 2 heterocycles. The van der Waals surface area contributed by atoms with Gasteiger partial charge in [-0.1, -0.05) is 17.7 Å². The van der Waals surface area contributed by atoms with Gasteiger partial charge in [-0.25, -0.2) is 0 Å². The van der Waals surface area contributed by atoms with Crippen molar-refractivity contribution in [2.75, 3.05) is 19.7 Å². The molecular formula is C26H29N3O5. The second-order valence-corrected chi connectivity index (χ2v) is 9.27. The normalized spacial score (nSPS) is 21.4. The topological polar surface area (TPSA) is 105 Å². The number of hydrogen-bond acceptors (Lipinski definition) is 5. The van der Waals surface area contributed by atoms with Crippen LogP contribution in [0.15, 0.2) is 46.7 Å². The molecule has 2 N–H and O–H groups in total. The highest BCUT2D eigenvalue weighted by Gasteiger charge is 2.35. The molecular weight excluding hydrogens is 434 g/mol. The van der Waals surface area contributed by atoms with Crippen molar-refractivity contribution in [2.24, 2.45) is 0 Å². The predicted molar refractivity (Wildman–Crippen MR) is 124 cm³/mol. The molecule has 1 saturated heterocycles. The van der Waals surface area contributed by atoms with Crippen molar-refractivity contribution in [3.8, 4) is 0 Å². The van der Waals surface area contributed by atoms with Crippen molar-refractivity contribution >= 4 is 23.6 Å². The Balaban J connectivity index is 1.17. The van der Waals surface area contributed by atoms with E-state index in [9.17, 15) is 19.2 Å². The lowest BCUT2D eigenvalue weighted by atomic mass is 10.1. The molecule has 178 valence electrons. The number of nitrogens with one attached hydrogen (secondary N) is 2. The smallest absolute Gasteiger partial charge is 0.261 e. The Morgan fingerprint density at radius 2 is 1.82 bits per heavy atom. The third-order valence-electron chi connectivity index (χ3n) is 7.02. The summed E-state index contributed by atoms with van der Waals surface area (Å²) in [5.74, 6) is -0.989. The Morgan fingerprint density at radius 3 is 2.53 bits per heavy atom. The lowest BCUT2D eigenvalue weighted by Gasteiger charge is -2.16. The molecule has 1 unspecified atom stereocenters. The maximum Gasteiger partial charge on any atom is 0.261 e. The number of carbonyl (C=O) groups is 4. The fourth-order valence-corrected chi connectivity index (χ4v) is 5.34. The van der Waals surface area contributed by atoms with Crippen LogP contribution in [0.2, 0.25) is 0 Å². The van der Waals surface area contributed by atoms with Gasteiger partial charge in [-0.15, -0.1) is 0 Å². The maximum atomic E-state index is 13.0. The Hall–Kier alpha value is -3.26. The highest BCUT2D eigenvalue weighted by Crippen LogP contribution is 2.41. The summed E-state index contributed by atoms with van der Waals surface area (Å²) in [5, 5.41) is 5.94. The maximum absolute atomic E-state index is 13.0. The molecule has 34 heavy (non-hydrogen) atoms. The molecule has 1 fully saturated rings. The van der Waals surface area contributed by atoms with Crippen molar-refractivity contribution in [3.63, 3.8) is 0 Å². The fraction of sp³-hybridized carbons (Fsp3) is 0.462. The molecule has 4 amide bonds. The standard InChI is InChI=1S/C26H29N3O5/c30-22(11-4-12-29-25(32)19-8-1-2-9-20(19)26(29)33)28-21-14-16-6-3-10-18(16)23(21)24(31)27-15-17-7-5-13-34-17/h1-2,8-9,17H,3-7,10-15H2,(H,27,31)(H,28,30). The van der Waals surface area contributed by atoms with E-state index in [1.54, 1.807) is 24.3 Å². The molecule has 0 saturated carbocycles. The fourth-order valence-electron chi connectivity index (χ4n) is 5.34. The first-order valence-electron chi connectivity index (χ1n) is 12.1. The van der Waals surface area contributed by atoms with Gasteiger partial charge >= 0.3 is 0 Å². The molecule has 4 aliphatic rings. The average Bonchev–Trinajstić information content (AvgIpc) is 3.60. The third-order valence-corrected chi connectivity index (χ3v) is 7.02. The van der Waals surface area contributed by atoms with E-state index in [-0.39, 0.29) is 42.7 Å². The highest BCUT2D eigenvalue weighted by molar-refractivity contribution is 6.21. The van der Waals surface area contributed by atoms with Crippen molar-refractivity contribution in [2.45, 2.75) is 57.5 Å². The molecule has 1 aromatic carbocycles. The number of hydrogen-bond donors (Lipinski definition) is 2. The van der Waals surface area contributed by atoms with Crippen molar-refractivity contribution in [3.05, 3.63) is 57.8 Å². The molecule has 0 bridgehead atoms. The van der Waals surface area contributed by atoms with Crippen LogP contribution < -0.4 is 10.6 Å². The molecule has 8 nitrogen and oxygen atoms in total. The van der Waals surface area contributed by atoms with Crippen molar-refractivity contribution < 1.29 is 23.9 Å². The number of nitrogens with zero attached hydrogens (tertiary/aromatic N) is 1. The number of rotatable bonds is 8. The summed E-state index contributed by atoms with van der Waals surface area (Å²) in [6.07, 6.45) is 5.99. The van der Waals surface area contributed by atoms with Gasteiger partial charge in [0.25, 0.3) is 17.7 Å². The number of benzene rings is 1. The highest BCUT2D eigenvalue weighted by atomic mass is 16.5. The minimum Gasteiger partial charge on any atom is -0.376 e. The van der Waals surface area contributed by atoms with E-state index in [4.69, 9.17) is 4.74 Å². The van der Waals surface area contributed by atoms with Gasteiger partial charge in [-0.05, 0) is 56.2 Å². The number of imide groups is 1. The van der Waals surface area contributed by atoms with Crippen LogP contribution in [-0.2, 0) is 14.3 Å². The van der Waals surface area contributed by atoms with Crippen LogP contribution in [0.3, 0.4) is 0 Å². The predicted octanol–water partition coefficient (Wildman–Crippen LogP) is 2.61. The molecule has 0 aromatic heterocycles. The SMILES string of the molecule is O=C(CCCN1C(=O)c2ccccc2C1=O)NC1=C(C(=O)NCC2CCCO2)C2=C(CCC2)C1. The van der Waals surface area contributed by atoms with E-state index in [1.807, 2.05) is 0 Å². The van der Waals surface area contributed by atoms with Crippen LogP contribution in [0, 0.1) is 0 Å². The van der Waals surface area contributed by atoms with Gasteiger partial charge < -0.3 is 15.4 Å². The van der Waals surface area contributed by atoms with E-state index in [2.05, 4.69) is 10.6 Å². The van der Waals surface area contributed by atoms with E-state index in [0.29, 0.717) is 41.8 Å². The minimum absolute atomic E-state index is 0.0585. The van der Waals surface area contributed by atoms with Gasteiger partial charge in [0.1, 0.15) is 0 Å². The van der Waals surface area contributed by atoms with Crippen LogP contribution in [0.5, 0.6) is 0 Å². The summed E-state index contributed by atoms with van der Waals surface area (Å²) in [6, 6.07) is 6.76. The molecule has 2 aliphatic heterocycles. The zero-order chi connectivity index (χ0) is 23.7. The molecule has 1 atom stereocenters. The summed E-state index contributed by atoms with van der Waals surface area (Å²) in [7, 11) is 0. The second kappa shape index (κ2) is 9.54. The summed E-state index contributed by atoms with van der Waals surface area (Å²) in [6.45, 7) is 1.40. The van der Waals surface area contributed by atoms with Gasteiger partial charge in [-0.3, -0.25) is 24.1 Å². The van der Waals surface area contributed by atoms with Gasteiger partial charge in [-0.2, -0.15) is 0 Å². The number of amides is 4. The monoisotopic (exact) mass is 463 g/mol. The molecule has 8 heteroatoms. The summed E-state index contributed by atoms with van der Waals surface area (Å²) < 4.78 is 5.60. The number of allylic oxidation sites excluding steroid dienone is 1. The Kier molecular flexibility index (Phi) is 6.32. The zero-order valence-electron chi connectivity index (χ0n) is 19.2. The van der Waals surface area contributed by atoms with Gasteiger partial charge in [0.15, 0.2) is 0 Å². The van der Waals surface area contributed by atoms with Crippen LogP contribution in [-0.4, -0.2) is 54.3 Å². The average molecular weight is 464 g/mol. The van der Waals surface area contributed by atoms with Crippen molar-refractivity contribution in [1.82, 2.24) is 15.5 Å². The van der Waals surface area contributed by atoms with Crippen LogP contribution >= 0.6 is 0 Å². The Bertz CT molecular complexity index is 1080. The molecule has 2 aliphatic carbocycles. The Morgan fingerprint density at radius 1 is 1.06 bits per heavy atom. The van der Waals surface area contributed by atoms with E-state index >= 15 is 0 Å². The van der Waals surface area contributed by atoms with Gasteiger partial charge in [0.05, 0.1) is 22.8 Å². The number of ether oxygens (including phenoxy) is 1. The van der Waals surface area contributed by atoms with Gasteiger partial charge in [0, 0.05) is 38.2 Å². The summed E-state index contributed by atoms with van der Waals surface area (Å²) >= 11 is 0. The van der Waals surface area contributed by atoms with Gasteiger partial charge in [0.2, 0.25) is 5.91 Å². The van der Waals surface area contributed by atoms with E-state index in [0.717, 1.165) is 44.3 Å². The van der Waals surface area contributed by atoms with E-state index in [1.165, 1.54) is 10.5 Å². The second-order valence-electron chi connectivity index (χ2n) is 9.27. The molecule has 0 radical (unpaired) electrons. The first kappa shape index (κ1) is 22.5. The first-order valence-corrected chi connectivity index (χ1v) is 12.1. The number of carbonyl (C=O) groups excluding carboxylic acids is 4.